The fourth-order valence-electron chi connectivity index (χ4n) is 1.88. The summed E-state index contributed by atoms with van der Waals surface area (Å²) in [7, 11) is 0. The summed E-state index contributed by atoms with van der Waals surface area (Å²) < 4.78 is 5.74. The summed E-state index contributed by atoms with van der Waals surface area (Å²) in [6.45, 7) is 2.41. The molecule has 2 amide bonds. The first kappa shape index (κ1) is 20.6. The van der Waals surface area contributed by atoms with Gasteiger partial charge in [0.25, 0.3) is 10.5 Å². The number of nitriles is 1. The molecule has 9 heteroatoms. The van der Waals surface area contributed by atoms with Crippen LogP contribution in [0.15, 0.2) is 34.7 Å². The summed E-state index contributed by atoms with van der Waals surface area (Å²) in [5.41, 5.74) is 5.95. The van der Waals surface area contributed by atoms with E-state index in [1.54, 1.807) is 0 Å². The van der Waals surface area contributed by atoms with Gasteiger partial charge < -0.3 is 15.1 Å². The van der Waals surface area contributed by atoms with Gasteiger partial charge in [-0.15, -0.1) is 0 Å². The van der Waals surface area contributed by atoms with E-state index in [-0.39, 0.29) is 18.2 Å². The molecule has 0 aliphatic heterocycles. The Morgan fingerprint density at radius 2 is 1.92 bits per heavy atom. The van der Waals surface area contributed by atoms with Gasteiger partial charge in [-0.1, -0.05) is 43.5 Å². The molecule has 0 aliphatic carbocycles. The third kappa shape index (κ3) is 7.32. The van der Waals surface area contributed by atoms with Crippen LogP contribution in [0.4, 0.5) is 9.59 Å². The average Bonchev–Trinajstić information content (AvgIpc) is 2.92. The zero-order chi connectivity index (χ0) is 18.8. The fraction of sp³-hybridized carbons (Fsp3) is 0.250. The molecular formula is C16H18N4O3S2. The minimum Gasteiger partial charge on any atom is -0.439 e. The third-order valence-electron chi connectivity index (χ3n) is 3.01. The van der Waals surface area contributed by atoms with Crippen LogP contribution >= 0.6 is 25.3 Å². The molecule has 0 radical (unpaired) electrons. The molecule has 1 aromatic heterocycles. The van der Waals surface area contributed by atoms with Crippen molar-refractivity contribution in [1.29, 1.82) is 5.26 Å². The predicted octanol–water partition coefficient (Wildman–Crippen LogP) is 3.41. The number of oxazole rings is 1. The largest absolute Gasteiger partial charge is 0.439 e. The van der Waals surface area contributed by atoms with Crippen LogP contribution in [0.3, 0.4) is 0 Å². The first-order valence-electron chi connectivity index (χ1n) is 7.20. The molecular weight excluding hydrogens is 360 g/mol. The van der Waals surface area contributed by atoms with E-state index < -0.39 is 5.24 Å². The van der Waals surface area contributed by atoms with E-state index in [4.69, 9.17) is 14.5 Å². The number of amides is 2. The quantitative estimate of drug-likeness (QED) is 0.690. The van der Waals surface area contributed by atoms with Crippen molar-refractivity contribution in [1.82, 2.24) is 9.88 Å². The van der Waals surface area contributed by atoms with Gasteiger partial charge in [0.15, 0.2) is 0 Å². The highest BCUT2D eigenvalue weighted by molar-refractivity contribution is 7.96. The highest BCUT2D eigenvalue weighted by Crippen LogP contribution is 2.22. The molecule has 0 unspecified atom stereocenters. The van der Waals surface area contributed by atoms with Crippen molar-refractivity contribution >= 4 is 35.7 Å². The molecule has 0 saturated carbocycles. The smallest absolute Gasteiger partial charge is 0.278 e. The molecule has 0 spiro atoms. The number of carbonyl (C=O) groups is 2. The predicted molar refractivity (Wildman–Crippen MR) is 100 cm³/mol. The van der Waals surface area contributed by atoms with Crippen LogP contribution in [0.2, 0.25) is 0 Å². The maximum Gasteiger partial charge on any atom is 0.278 e. The van der Waals surface area contributed by atoms with Crippen molar-refractivity contribution < 1.29 is 14.0 Å². The second-order valence-corrected chi connectivity index (χ2v) is 5.67. The van der Waals surface area contributed by atoms with Crippen LogP contribution in [0.25, 0.3) is 11.5 Å². The summed E-state index contributed by atoms with van der Waals surface area (Å²) in [6.07, 6.45) is 0.255. The fourth-order valence-corrected chi connectivity index (χ4v) is 2.05. The van der Waals surface area contributed by atoms with E-state index in [0.29, 0.717) is 18.2 Å². The number of rotatable bonds is 5. The maximum atomic E-state index is 11.5. The number of hydrogen-bond donors (Lipinski definition) is 3. The lowest BCUT2D eigenvalue weighted by atomic mass is 10.2. The number of hydrogen-bond acceptors (Lipinski definition) is 5. The van der Waals surface area contributed by atoms with E-state index in [0.717, 1.165) is 11.3 Å². The first-order valence-corrected chi connectivity index (χ1v) is 8.09. The van der Waals surface area contributed by atoms with Crippen molar-refractivity contribution in [2.45, 2.75) is 19.9 Å². The maximum absolute atomic E-state index is 11.5. The monoisotopic (exact) mass is 378 g/mol. The van der Waals surface area contributed by atoms with Gasteiger partial charge in [-0.25, -0.2) is 4.98 Å². The van der Waals surface area contributed by atoms with Gasteiger partial charge in [-0.3, -0.25) is 9.59 Å². The van der Waals surface area contributed by atoms with Crippen LogP contribution in [-0.4, -0.2) is 26.9 Å². The molecule has 0 saturated heterocycles. The second-order valence-electron chi connectivity index (χ2n) is 4.84. The second kappa shape index (κ2) is 10.4. The lowest BCUT2D eigenvalue weighted by molar-refractivity contribution is 0.217. The highest BCUT2D eigenvalue weighted by Gasteiger charge is 2.17. The van der Waals surface area contributed by atoms with E-state index in [1.165, 1.54) is 4.90 Å². The standard InChI is InChI=1S/C15H15N3O2S.CH3NOS/c1-11-13(10-18(15(19)21)9-5-8-16)20-14(17-11)12-6-3-2-4-7-12;2-1(3)4/h2-4,6-7H,5,9-10H2,1H3,(H,19,21);(H3,2,3,4). The van der Waals surface area contributed by atoms with Crippen LogP contribution in [0.1, 0.15) is 17.9 Å². The number of primary amides is 1. The van der Waals surface area contributed by atoms with Gasteiger partial charge in [-0.05, 0) is 19.1 Å². The Morgan fingerprint density at radius 1 is 1.32 bits per heavy atom. The molecule has 1 heterocycles. The van der Waals surface area contributed by atoms with E-state index >= 15 is 0 Å². The third-order valence-corrected chi connectivity index (χ3v) is 3.29. The number of thiol groups is 2. The van der Waals surface area contributed by atoms with Gasteiger partial charge in [-0.2, -0.15) is 5.26 Å². The lowest BCUT2D eigenvalue weighted by Crippen LogP contribution is -2.26. The topological polar surface area (TPSA) is 113 Å². The van der Waals surface area contributed by atoms with Gasteiger partial charge in [0.2, 0.25) is 5.89 Å². The molecule has 0 bridgehead atoms. The van der Waals surface area contributed by atoms with Crippen LogP contribution in [0.5, 0.6) is 0 Å². The van der Waals surface area contributed by atoms with E-state index in [2.05, 4.69) is 36.0 Å². The molecule has 0 aliphatic rings. The van der Waals surface area contributed by atoms with Crippen molar-refractivity contribution in [3.8, 4) is 17.5 Å². The summed E-state index contributed by atoms with van der Waals surface area (Å²) >= 11 is 6.93. The molecule has 0 atom stereocenters. The average molecular weight is 378 g/mol. The Labute approximate surface area is 156 Å². The zero-order valence-electron chi connectivity index (χ0n) is 13.5. The van der Waals surface area contributed by atoms with Crippen molar-refractivity contribution in [3.63, 3.8) is 0 Å². The van der Waals surface area contributed by atoms with Crippen molar-refractivity contribution in [2.24, 2.45) is 5.73 Å². The minimum atomic E-state index is -0.639. The molecule has 1 aromatic carbocycles. The molecule has 2 rings (SSSR count). The van der Waals surface area contributed by atoms with Crippen molar-refractivity contribution in [2.75, 3.05) is 6.54 Å². The summed E-state index contributed by atoms with van der Waals surface area (Å²) in [6, 6.07) is 11.6. The Morgan fingerprint density at radius 3 is 2.44 bits per heavy atom. The summed E-state index contributed by atoms with van der Waals surface area (Å²) in [5, 5.41) is 7.60. The number of nitrogens with zero attached hydrogens (tertiary/aromatic N) is 3. The summed E-state index contributed by atoms with van der Waals surface area (Å²) in [5.74, 6) is 1.13. The summed E-state index contributed by atoms with van der Waals surface area (Å²) in [4.78, 5) is 26.4. The number of carbonyl (C=O) groups excluding carboxylic acids is 2. The van der Waals surface area contributed by atoms with Gasteiger partial charge in [0, 0.05) is 12.1 Å². The van der Waals surface area contributed by atoms with E-state index in [1.807, 2.05) is 43.3 Å². The molecule has 0 fully saturated rings. The Hall–Kier alpha value is -2.44. The molecule has 25 heavy (non-hydrogen) atoms. The van der Waals surface area contributed by atoms with E-state index in [9.17, 15) is 4.79 Å². The number of aryl methyl sites for hydroxylation is 1. The van der Waals surface area contributed by atoms with Gasteiger partial charge in [0.1, 0.15) is 5.76 Å². The highest BCUT2D eigenvalue weighted by atomic mass is 32.1. The van der Waals surface area contributed by atoms with Crippen LogP contribution in [0, 0.1) is 18.3 Å². The minimum absolute atomic E-state index is 0.255. The van der Waals surface area contributed by atoms with Gasteiger partial charge >= 0.3 is 0 Å². The zero-order valence-corrected chi connectivity index (χ0v) is 15.3. The molecule has 2 N–H and O–H groups in total. The Kier molecular flexibility index (Phi) is 8.60. The lowest BCUT2D eigenvalue weighted by Gasteiger charge is -2.17. The Balaban J connectivity index is 0.000000705. The van der Waals surface area contributed by atoms with Crippen LogP contribution < -0.4 is 5.73 Å². The van der Waals surface area contributed by atoms with Gasteiger partial charge in [0.05, 0.1) is 24.7 Å². The van der Waals surface area contributed by atoms with Crippen molar-refractivity contribution in [3.05, 3.63) is 41.8 Å². The normalized spacial score (nSPS) is 9.52. The number of nitrogens with two attached hydrogens (primary N) is 1. The molecule has 132 valence electrons. The Bertz CT molecular complexity index is 752. The molecule has 2 aromatic rings. The number of benzene rings is 1. The molecule has 7 nitrogen and oxygen atoms in total. The number of aromatic nitrogens is 1. The SMILES string of the molecule is Cc1nc(-c2ccccc2)oc1CN(CCC#N)C(=O)S.NC(=O)S. The van der Waals surface area contributed by atoms with Crippen LogP contribution in [-0.2, 0) is 6.54 Å². The first-order chi connectivity index (χ1) is 11.8.